The second-order valence-corrected chi connectivity index (χ2v) is 5.29. The molecule has 2 aromatic carbocycles. The van der Waals surface area contributed by atoms with Gasteiger partial charge in [0.1, 0.15) is 0 Å². The second-order valence-electron chi connectivity index (χ2n) is 5.29. The van der Waals surface area contributed by atoms with E-state index in [0.717, 1.165) is 0 Å². The van der Waals surface area contributed by atoms with E-state index in [-0.39, 0.29) is 23.4 Å². The Morgan fingerprint density at radius 1 is 1.08 bits per heavy atom. The Labute approximate surface area is 151 Å². The lowest BCUT2D eigenvalue weighted by atomic mass is 10.1. The average Bonchev–Trinajstić information content (AvgIpc) is 2.67. The Balaban J connectivity index is 2.31. The SMILES string of the molecule is CCOc1cccc(CNc2cc(C(=O)OC)ccc2C(=O)OC)c1O. The largest absolute Gasteiger partial charge is 0.504 e. The first-order valence-corrected chi connectivity index (χ1v) is 8.00. The van der Waals surface area contributed by atoms with Crippen LogP contribution in [0, 0.1) is 0 Å². The maximum Gasteiger partial charge on any atom is 0.339 e. The molecule has 7 nitrogen and oxygen atoms in total. The number of hydrogen-bond acceptors (Lipinski definition) is 7. The zero-order valence-electron chi connectivity index (χ0n) is 14.9. The fourth-order valence-electron chi connectivity index (χ4n) is 2.40. The van der Waals surface area contributed by atoms with Gasteiger partial charge in [-0.25, -0.2) is 9.59 Å². The van der Waals surface area contributed by atoms with Crippen molar-refractivity contribution < 1.29 is 28.9 Å². The molecule has 0 saturated heterocycles. The molecule has 0 fully saturated rings. The van der Waals surface area contributed by atoms with Gasteiger partial charge in [-0.15, -0.1) is 0 Å². The molecule has 0 aliphatic rings. The molecule has 0 bridgehead atoms. The minimum Gasteiger partial charge on any atom is -0.504 e. The molecule has 2 rings (SSSR count). The van der Waals surface area contributed by atoms with Crippen LogP contribution in [0.15, 0.2) is 36.4 Å². The number of phenols is 1. The topological polar surface area (TPSA) is 94.1 Å². The van der Waals surface area contributed by atoms with Crippen molar-refractivity contribution in [1.29, 1.82) is 0 Å². The minimum absolute atomic E-state index is 0.0191. The Kier molecular flexibility index (Phi) is 6.43. The van der Waals surface area contributed by atoms with Gasteiger partial charge in [0, 0.05) is 17.8 Å². The third-order valence-electron chi connectivity index (χ3n) is 3.70. The smallest absolute Gasteiger partial charge is 0.339 e. The van der Waals surface area contributed by atoms with E-state index in [4.69, 9.17) is 14.2 Å². The van der Waals surface area contributed by atoms with Gasteiger partial charge in [0.15, 0.2) is 11.5 Å². The number of phenolic OH excluding ortho intramolecular Hbond substituents is 1. The van der Waals surface area contributed by atoms with Gasteiger partial charge in [0.25, 0.3) is 0 Å². The van der Waals surface area contributed by atoms with E-state index in [1.807, 2.05) is 6.92 Å². The van der Waals surface area contributed by atoms with Crippen LogP contribution in [-0.2, 0) is 16.0 Å². The van der Waals surface area contributed by atoms with Crippen molar-refractivity contribution in [3.63, 3.8) is 0 Å². The Morgan fingerprint density at radius 3 is 2.46 bits per heavy atom. The van der Waals surface area contributed by atoms with Gasteiger partial charge in [0.2, 0.25) is 0 Å². The van der Waals surface area contributed by atoms with E-state index in [1.165, 1.54) is 32.4 Å². The lowest BCUT2D eigenvalue weighted by Gasteiger charge is -2.14. The number of methoxy groups -OCH3 is 2. The monoisotopic (exact) mass is 359 g/mol. The molecule has 0 heterocycles. The quantitative estimate of drug-likeness (QED) is 0.734. The highest BCUT2D eigenvalue weighted by Crippen LogP contribution is 2.30. The molecule has 0 atom stereocenters. The molecule has 2 aromatic rings. The standard InChI is InChI=1S/C19H21NO6/c1-4-26-16-7-5-6-13(17(16)21)11-20-15-10-12(18(22)24-2)8-9-14(15)19(23)25-3/h5-10,20-21H,4,11H2,1-3H3. The summed E-state index contributed by atoms with van der Waals surface area (Å²) in [7, 11) is 2.55. The highest BCUT2D eigenvalue weighted by atomic mass is 16.5. The number of nitrogens with one attached hydrogen (secondary N) is 1. The van der Waals surface area contributed by atoms with Crippen LogP contribution in [0.3, 0.4) is 0 Å². The zero-order valence-corrected chi connectivity index (χ0v) is 14.9. The fourth-order valence-corrected chi connectivity index (χ4v) is 2.40. The van der Waals surface area contributed by atoms with Crippen molar-refractivity contribution in [2.45, 2.75) is 13.5 Å². The number of carbonyl (C=O) groups is 2. The number of aromatic hydroxyl groups is 1. The van der Waals surface area contributed by atoms with Crippen molar-refractivity contribution in [1.82, 2.24) is 0 Å². The van der Waals surface area contributed by atoms with E-state index >= 15 is 0 Å². The molecule has 0 amide bonds. The summed E-state index contributed by atoms with van der Waals surface area (Å²) in [5, 5.41) is 13.3. The van der Waals surface area contributed by atoms with Gasteiger partial charge < -0.3 is 24.6 Å². The molecule has 0 aliphatic carbocycles. The number of anilines is 1. The zero-order chi connectivity index (χ0) is 19.1. The Morgan fingerprint density at radius 2 is 1.81 bits per heavy atom. The molecule has 7 heteroatoms. The summed E-state index contributed by atoms with van der Waals surface area (Å²) in [5.74, 6) is -0.671. The van der Waals surface area contributed by atoms with Crippen molar-refractivity contribution >= 4 is 17.6 Å². The van der Waals surface area contributed by atoms with Crippen LogP contribution in [0.4, 0.5) is 5.69 Å². The second kappa shape index (κ2) is 8.75. The third kappa shape index (κ3) is 4.24. The summed E-state index contributed by atoms with van der Waals surface area (Å²) in [4.78, 5) is 23.7. The van der Waals surface area contributed by atoms with E-state index in [9.17, 15) is 14.7 Å². The normalized spacial score (nSPS) is 10.1. The molecule has 138 valence electrons. The number of benzene rings is 2. The molecule has 26 heavy (non-hydrogen) atoms. The van der Waals surface area contributed by atoms with E-state index in [2.05, 4.69) is 5.32 Å². The minimum atomic E-state index is -0.545. The van der Waals surface area contributed by atoms with Crippen LogP contribution in [0.1, 0.15) is 33.2 Å². The fraction of sp³-hybridized carbons (Fsp3) is 0.263. The van der Waals surface area contributed by atoms with Gasteiger partial charge in [-0.1, -0.05) is 12.1 Å². The summed E-state index contributed by atoms with van der Waals surface area (Å²) in [6, 6.07) is 9.62. The van der Waals surface area contributed by atoms with Crippen LogP contribution in [0.2, 0.25) is 0 Å². The summed E-state index contributed by atoms with van der Waals surface area (Å²) >= 11 is 0. The third-order valence-corrected chi connectivity index (χ3v) is 3.70. The lowest BCUT2D eigenvalue weighted by Crippen LogP contribution is -2.11. The predicted molar refractivity (Wildman–Crippen MR) is 95.7 cm³/mol. The van der Waals surface area contributed by atoms with Crippen LogP contribution in [-0.4, -0.2) is 37.9 Å². The number of esters is 2. The van der Waals surface area contributed by atoms with E-state index in [0.29, 0.717) is 23.6 Å². The number of carbonyl (C=O) groups excluding carboxylic acids is 2. The van der Waals surface area contributed by atoms with Crippen molar-refractivity contribution in [3.8, 4) is 11.5 Å². The molecular formula is C19H21NO6. The molecule has 0 saturated carbocycles. The van der Waals surface area contributed by atoms with Crippen LogP contribution in [0.25, 0.3) is 0 Å². The Bertz CT molecular complexity index is 803. The van der Waals surface area contributed by atoms with Gasteiger partial charge in [-0.3, -0.25) is 0 Å². The highest BCUT2D eigenvalue weighted by molar-refractivity contribution is 5.98. The van der Waals surface area contributed by atoms with Crippen molar-refractivity contribution in [2.75, 3.05) is 26.1 Å². The van der Waals surface area contributed by atoms with Gasteiger partial charge in [0.05, 0.1) is 32.0 Å². The van der Waals surface area contributed by atoms with Crippen LogP contribution >= 0.6 is 0 Å². The van der Waals surface area contributed by atoms with Gasteiger partial charge in [-0.05, 0) is 31.2 Å². The maximum absolute atomic E-state index is 12.0. The van der Waals surface area contributed by atoms with Gasteiger partial charge >= 0.3 is 11.9 Å². The summed E-state index contributed by atoms with van der Waals surface area (Å²) < 4.78 is 14.8. The summed E-state index contributed by atoms with van der Waals surface area (Å²) in [5.41, 5.74) is 1.52. The maximum atomic E-state index is 12.0. The first-order chi connectivity index (χ1) is 12.5. The molecule has 0 aromatic heterocycles. The number of hydrogen-bond donors (Lipinski definition) is 2. The Hall–Kier alpha value is -3.22. The average molecular weight is 359 g/mol. The van der Waals surface area contributed by atoms with Crippen LogP contribution in [0.5, 0.6) is 11.5 Å². The first-order valence-electron chi connectivity index (χ1n) is 8.00. The summed E-state index contributed by atoms with van der Waals surface area (Å²) in [6.45, 7) is 2.46. The highest BCUT2D eigenvalue weighted by Gasteiger charge is 2.16. The number of rotatable bonds is 7. The van der Waals surface area contributed by atoms with Gasteiger partial charge in [-0.2, -0.15) is 0 Å². The summed E-state index contributed by atoms with van der Waals surface area (Å²) in [6.07, 6.45) is 0. The number of ether oxygens (including phenoxy) is 3. The first kappa shape index (κ1) is 19.1. The molecule has 0 unspecified atom stereocenters. The molecule has 2 N–H and O–H groups in total. The van der Waals surface area contributed by atoms with Crippen molar-refractivity contribution in [3.05, 3.63) is 53.1 Å². The van der Waals surface area contributed by atoms with Crippen molar-refractivity contribution in [2.24, 2.45) is 0 Å². The molecule has 0 radical (unpaired) electrons. The lowest BCUT2D eigenvalue weighted by molar-refractivity contribution is 0.0587. The van der Waals surface area contributed by atoms with E-state index in [1.54, 1.807) is 18.2 Å². The van der Waals surface area contributed by atoms with E-state index < -0.39 is 11.9 Å². The molecule has 0 spiro atoms. The molecule has 0 aliphatic heterocycles. The molecular weight excluding hydrogens is 338 g/mol. The van der Waals surface area contributed by atoms with Crippen LogP contribution < -0.4 is 10.1 Å². The predicted octanol–water partition coefficient (Wildman–Crippen LogP) is 2.98. The number of para-hydroxylation sites is 1.